The maximum Gasteiger partial charge on any atom is 0.329 e. The van der Waals surface area contributed by atoms with Crippen LogP contribution in [0.5, 0.6) is 0 Å². The van der Waals surface area contributed by atoms with Crippen molar-refractivity contribution in [3.05, 3.63) is 35.4 Å². The summed E-state index contributed by atoms with van der Waals surface area (Å²) in [4.78, 5) is 51.5. The molecule has 1 saturated carbocycles. The molecule has 2 atom stereocenters. The van der Waals surface area contributed by atoms with E-state index in [0.29, 0.717) is 0 Å². The number of fused-ring (bicyclic) bond motifs is 1. The second-order valence-electron chi connectivity index (χ2n) is 8.42. The topological polar surface area (TPSA) is 117 Å². The first-order valence-corrected chi connectivity index (χ1v) is 10.0. The zero-order valence-electron chi connectivity index (χ0n) is 17.3. The van der Waals surface area contributed by atoms with E-state index in [9.17, 15) is 24.4 Å². The molecule has 1 N–H and O–H groups in total. The SMILES string of the molecule is CC(C)C[C@H](C(=O)OCC(=O)N[C@](C)(C#N)C1CC1)N1C(=O)c2ccccc2C1=O. The molecule has 0 aromatic heterocycles. The number of imide groups is 1. The van der Waals surface area contributed by atoms with Crippen LogP contribution in [-0.4, -0.2) is 46.8 Å². The number of rotatable bonds is 8. The number of benzene rings is 1. The highest BCUT2D eigenvalue weighted by molar-refractivity contribution is 6.22. The minimum Gasteiger partial charge on any atom is -0.454 e. The lowest BCUT2D eigenvalue weighted by Gasteiger charge is -2.26. The lowest BCUT2D eigenvalue weighted by molar-refractivity contribution is -0.153. The Balaban J connectivity index is 1.69. The van der Waals surface area contributed by atoms with Crippen LogP contribution < -0.4 is 5.32 Å². The van der Waals surface area contributed by atoms with E-state index in [1.54, 1.807) is 31.2 Å². The van der Waals surface area contributed by atoms with Gasteiger partial charge in [-0.3, -0.25) is 19.3 Å². The van der Waals surface area contributed by atoms with E-state index in [0.717, 1.165) is 17.7 Å². The van der Waals surface area contributed by atoms with Crippen LogP contribution in [0.4, 0.5) is 0 Å². The van der Waals surface area contributed by atoms with Gasteiger partial charge in [0.05, 0.1) is 17.2 Å². The van der Waals surface area contributed by atoms with Gasteiger partial charge in [0.2, 0.25) is 0 Å². The summed E-state index contributed by atoms with van der Waals surface area (Å²) in [5.41, 5.74) is -0.504. The smallest absolute Gasteiger partial charge is 0.329 e. The van der Waals surface area contributed by atoms with Gasteiger partial charge in [0, 0.05) is 0 Å². The molecule has 3 amide bonds. The predicted molar refractivity (Wildman–Crippen MR) is 106 cm³/mol. The third kappa shape index (κ3) is 4.20. The summed E-state index contributed by atoms with van der Waals surface area (Å²) >= 11 is 0. The van der Waals surface area contributed by atoms with E-state index >= 15 is 0 Å². The van der Waals surface area contributed by atoms with Crippen LogP contribution in [0.15, 0.2) is 24.3 Å². The van der Waals surface area contributed by atoms with Gasteiger partial charge < -0.3 is 10.1 Å². The van der Waals surface area contributed by atoms with Crippen LogP contribution in [0.2, 0.25) is 0 Å². The number of hydrogen-bond donors (Lipinski definition) is 1. The molecule has 1 aliphatic heterocycles. The van der Waals surface area contributed by atoms with Crippen molar-refractivity contribution in [2.24, 2.45) is 11.8 Å². The first-order valence-electron chi connectivity index (χ1n) is 10.0. The molecule has 158 valence electrons. The van der Waals surface area contributed by atoms with Crippen molar-refractivity contribution in [1.82, 2.24) is 10.2 Å². The maximum atomic E-state index is 12.8. The molecular weight excluding hydrogens is 386 g/mol. The summed E-state index contributed by atoms with van der Waals surface area (Å²) in [6, 6.07) is 7.37. The molecule has 0 saturated heterocycles. The molecule has 0 radical (unpaired) electrons. The lowest BCUT2D eigenvalue weighted by atomic mass is 9.98. The highest BCUT2D eigenvalue weighted by atomic mass is 16.5. The number of nitrogens with zero attached hydrogens (tertiary/aromatic N) is 2. The zero-order valence-corrected chi connectivity index (χ0v) is 17.3. The molecule has 2 aliphatic rings. The maximum absolute atomic E-state index is 12.8. The molecule has 1 aromatic rings. The Morgan fingerprint density at radius 1 is 1.23 bits per heavy atom. The second kappa shape index (κ2) is 8.27. The Morgan fingerprint density at radius 3 is 2.27 bits per heavy atom. The van der Waals surface area contributed by atoms with E-state index in [-0.39, 0.29) is 29.4 Å². The van der Waals surface area contributed by atoms with Crippen LogP contribution in [0.25, 0.3) is 0 Å². The minimum atomic E-state index is -1.13. The number of hydrogen-bond acceptors (Lipinski definition) is 6. The van der Waals surface area contributed by atoms with Crippen LogP contribution >= 0.6 is 0 Å². The molecule has 0 spiro atoms. The summed E-state index contributed by atoms with van der Waals surface area (Å²) in [5.74, 6) is -2.42. The summed E-state index contributed by atoms with van der Waals surface area (Å²) in [6.45, 7) is 4.78. The molecule has 1 heterocycles. The summed E-state index contributed by atoms with van der Waals surface area (Å²) in [5, 5.41) is 12.0. The van der Waals surface area contributed by atoms with Gasteiger partial charge in [0.25, 0.3) is 17.7 Å². The fraction of sp³-hybridized carbons (Fsp3) is 0.500. The van der Waals surface area contributed by atoms with Gasteiger partial charge in [-0.05, 0) is 50.2 Å². The fourth-order valence-corrected chi connectivity index (χ4v) is 3.69. The highest BCUT2D eigenvalue weighted by Gasteiger charge is 2.45. The molecule has 1 aliphatic carbocycles. The molecule has 30 heavy (non-hydrogen) atoms. The van der Waals surface area contributed by atoms with E-state index in [2.05, 4.69) is 11.4 Å². The van der Waals surface area contributed by atoms with E-state index in [1.165, 1.54) is 0 Å². The van der Waals surface area contributed by atoms with Gasteiger partial charge >= 0.3 is 5.97 Å². The van der Waals surface area contributed by atoms with Gasteiger partial charge in [0.15, 0.2) is 6.61 Å². The quantitative estimate of drug-likeness (QED) is 0.517. The lowest BCUT2D eigenvalue weighted by Crippen LogP contribution is -2.50. The average molecular weight is 411 g/mol. The standard InChI is InChI=1S/C22H25N3O5/c1-13(2)10-17(25-19(27)15-6-4-5-7-16(15)20(25)28)21(29)30-11-18(26)24-22(3,12-23)14-8-9-14/h4-7,13-14,17H,8-11H2,1-3H3,(H,24,26)/t17-,22-/m1/s1. The number of ether oxygens (including phenoxy) is 1. The Kier molecular flexibility index (Phi) is 5.92. The molecule has 0 bridgehead atoms. The largest absolute Gasteiger partial charge is 0.454 e. The molecule has 1 fully saturated rings. The Bertz CT molecular complexity index is 896. The van der Waals surface area contributed by atoms with Crippen LogP contribution in [0.3, 0.4) is 0 Å². The Labute approximate surface area is 175 Å². The van der Waals surface area contributed by atoms with Crippen molar-refractivity contribution in [1.29, 1.82) is 5.26 Å². The minimum absolute atomic E-state index is 0.00237. The van der Waals surface area contributed by atoms with E-state index in [4.69, 9.17) is 4.74 Å². The summed E-state index contributed by atoms with van der Waals surface area (Å²) in [7, 11) is 0. The van der Waals surface area contributed by atoms with Crippen molar-refractivity contribution in [2.75, 3.05) is 6.61 Å². The number of carbonyl (C=O) groups excluding carboxylic acids is 4. The zero-order chi connectivity index (χ0) is 22.1. The summed E-state index contributed by atoms with van der Waals surface area (Å²) < 4.78 is 5.16. The van der Waals surface area contributed by atoms with Crippen LogP contribution in [0, 0.1) is 23.2 Å². The molecular formula is C22H25N3O5. The third-order valence-corrected chi connectivity index (χ3v) is 5.47. The van der Waals surface area contributed by atoms with Crippen molar-refractivity contribution < 1.29 is 23.9 Å². The second-order valence-corrected chi connectivity index (χ2v) is 8.42. The molecule has 8 nitrogen and oxygen atoms in total. The first-order chi connectivity index (χ1) is 14.2. The molecule has 0 unspecified atom stereocenters. The number of nitrogens with one attached hydrogen (secondary N) is 1. The molecule has 3 rings (SSSR count). The van der Waals surface area contributed by atoms with Crippen molar-refractivity contribution in [3.8, 4) is 6.07 Å². The van der Waals surface area contributed by atoms with E-state index < -0.39 is 41.9 Å². The third-order valence-electron chi connectivity index (χ3n) is 5.47. The highest BCUT2D eigenvalue weighted by Crippen LogP contribution is 2.39. The van der Waals surface area contributed by atoms with Crippen LogP contribution in [-0.2, 0) is 14.3 Å². The predicted octanol–water partition coefficient (Wildman–Crippen LogP) is 2.05. The number of carbonyl (C=O) groups is 4. The van der Waals surface area contributed by atoms with Crippen molar-refractivity contribution >= 4 is 23.7 Å². The Morgan fingerprint density at radius 2 is 1.80 bits per heavy atom. The molecule has 8 heteroatoms. The van der Waals surface area contributed by atoms with E-state index in [1.807, 2.05) is 13.8 Å². The fourth-order valence-electron chi connectivity index (χ4n) is 3.69. The van der Waals surface area contributed by atoms with Gasteiger partial charge in [-0.2, -0.15) is 5.26 Å². The first kappa shape index (κ1) is 21.5. The van der Waals surface area contributed by atoms with Gasteiger partial charge in [-0.25, -0.2) is 4.79 Å². The van der Waals surface area contributed by atoms with Gasteiger partial charge in [-0.1, -0.05) is 26.0 Å². The average Bonchev–Trinajstić information content (AvgIpc) is 3.53. The number of amides is 3. The number of esters is 1. The van der Waals surface area contributed by atoms with Gasteiger partial charge in [0.1, 0.15) is 11.6 Å². The summed E-state index contributed by atoms with van der Waals surface area (Å²) in [6.07, 6.45) is 1.94. The number of nitriles is 1. The van der Waals surface area contributed by atoms with Crippen molar-refractivity contribution in [3.63, 3.8) is 0 Å². The molecule has 1 aromatic carbocycles. The van der Waals surface area contributed by atoms with Crippen molar-refractivity contribution in [2.45, 2.75) is 51.6 Å². The normalized spacial score (nSPS) is 18.4. The van der Waals surface area contributed by atoms with Crippen LogP contribution in [0.1, 0.15) is 60.7 Å². The Hall–Kier alpha value is -3.21. The van der Waals surface area contributed by atoms with Gasteiger partial charge in [-0.15, -0.1) is 0 Å². The monoisotopic (exact) mass is 411 g/mol.